The predicted molar refractivity (Wildman–Crippen MR) is 157 cm³/mol. The third kappa shape index (κ3) is 3.52. The number of ether oxygens (including phenoxy) is 1. The fraction of sp³-hybridized carbons (Fsp3) is 0.171. The lowest BCUT2D eigenvalue weighted by Crippen LogP contribution is -2.49. The lowest BCUT2D eigenvalue weighted by molar-refractivity contribution is -0.122. The summed E-state index contributed by atoms with van der Waals surface area (Å²) in [7, 11) is 1.35. The number of amides is 1. The van der Waals surface area contributed by atoms with Crippen LogP contribution < -0.4 is 10.1 Å². The summed E-state index contributed by atoms with van der Waals surface area (Å²) in [5, 5.41) is 3.02. The van der Waals surface area contributed by atoms with Crippen LogP contribution in [0.1, 0.15) is 49.0 Å². The molecule has 4 aromatic rings. The molecule has 3 heterocycles. The van der Waals surface area contributed by atoms with Crippen molar-refractivity contribution in [2.45, 2.75) is 24.4 Å². The molecule has 1 saturated heterocycles. The summed E-state index contributed by atoms with van der Waals surface area (Å²) in [4.78, 5) is 45.7. The number of aryl methyl sites for hydroxylation is 1. The van der Waals surface area contributed by atoms with E-state index >= 15 is 0 Å². The number of hydrogen-bond acceptors (Lipinski definition) is 5. The maximum Gasteiger partial charge on any atom is 0.238 e. The van der Waals surface area contributed by atoms with E-state index in [1.807, 2.05) is 78.7 Å². The molecule has 0 unspecified atom stereocenters. The maximum absolute atomic E-state index is 15.0. The smallest absolute Gasteiger partial charge is 0.238 e. The van der Waals surface area contributed by atoms with E-state index in [2.05, 4.69) is 5.32 Å². The molecule has 7 rings (SSSR count). The van der Waals surface area contributed by atoms with Gasteiger partial charge in [0.2, 0.25) is 5.91 Å². The molecule has 3 aliphatic rings. The molecule has 1 N–H and O–H groups in total. The topological polar surface area (TPSA) is 75.7 Å². The molecule has 0 saturated carbocycles. The number of rotatable bonds is 5. The van der Waals surface area contributed by atoms with Crippen molar-refractivity contribution in [3.05, 3.63) is 136 Å². The first-order valence-corrected chi connectivity index (χ1v) is 13.8. The van der Waals surface area contributed by atoms with Crippen molar-refractivity contribution < 1.29 is 23.5 Å². The van der Waals surface area contributed by atoms with Crippen molar-refractivity contribution in [1.82, 2.24) is 4.90 Å². The average Bonchev–Trinajstić information content (AvgIpc) is 3.49. The van der Waals surface area contributed by atoms with Gasteiger partial charge in [0.25, 0.3) is 0 Å². The number of halogens is 1. The van der Waals surface area contributed by atoms with E-state index in [0.717, 1.165) is 22.8 Å². The van der Waals surface area contributed by atoms with Gasteiger partial charge in [0.1, 0.15) is 11.5 Å². The minimum Gasteiger partial charge on any atom is -0.494 e. The molecular formula is C35H27FN2O4. The molecule has 4 atom stereocenters. The van der Waals surface area contributed by atoms with Gasteiger partial charge in [0, 0.05) is 23.0 Å². The normalized spacial score (nSPS) is 23.3. The van der Waals surface area contributed by atoms with Crippen LogP contribution in [0.2, 0.25) is 0 Å². The molecule has 1 fully saturated rings. The van der Waals surface area contributed by atoms with E-state index in [4.69, 9.17) is 4.74 Å². The van der Waals surface area contributed by atoms with Crippen molar-refractivity contribution in [2.24, 2.45) is 5.92 Å². The molecule has 6 nitrogen and oxygen atoms in total. The number of fused-ring (bicyclic) bond motifs is 6. The molecule has 1 amide bonds. The first-order chi connectivity index (χ1) is 20.4. The average molecular weight is 559 g/mol. The zero-order valence-electron chi connectivity index (χ0n) is 23.0. The summed E-state index contributed by atoms with van der Waals surface area (Å²) >= 11 is 0. The lowest BCUT2D eigenvalue weighted by atomic mass is 9.62. The van der Waals surface area contributed by atoms with Crippen LogP contribution in [-0.2, 0) is 10.2 Å². The number of nitrogens with one attached hydrogen (secondary N) is 1. The van der Waals surface area contributed by atoms with E-state index in [-0.39, 0.29) is 23.0 Å². The highest BCUT2D eigenvalue weighted by molar-refractivity contribution is 6.16. The van der Waals surface area contributed by atoms with Gasteiger partial charge in [-0.3, -0.25) is 14.4 Å². The molecule has 208 valence electrons. The summed E-state index contributed by atoms with van der Waals surface area (Å²) in [5.74, 6) is -3.02. The fourth-order valence-corrected chi connectivity index (χ4v) is 7.06. The van der Waals surface area contributed by atoms with Gasteiger partial charge in [-0.1, -0.05) is 72.3 Å². The van der Waals surface area contributed by atoms with Crippen molar-refractivity contribution in [3.63, 3.8) is 0 Å². The van der Waals surface area contributed by atoms with Gasteiger partial charge in [-0.2, -0.15) is 0 Å². The Morgan fingerprint density at radius 3 is 2.38 bits per heavy atom. The SMILES string of the molecule is COc1ccc(C(=O)[C@@H]2[C@H](C(=O)c3ccc(C)cc3)N3C=Cc4ccccc4[C@@H]3[C@@]23C(=O)Nc2ccccc23)cc1F. The number of carbonyl (C=O) groups is 3. The van der Waals surface area contributed by atoms with Crippen LogP contribution in [0.15, 0.2) is 97.2 Å². The molecular weight excluding hydrogens is 531 g/mol. The molecule has 1 spiro atoms. The van der Waals surface area contributed by atoms with Gasteiger partial charge in [-0.05, 0) is 54.0 Å². The van der Waals surface area contributed by atoms with E-state index in [1.165, 1.54) is 19.2 Å². The summed E-state index contributed by atoms with van der Waals surface area (Å²) in [6, 6.07) is 24.5. The first kappa shape index (κ1) is 25.9. The number of carbonyl (C=O) groups excluding carboxylic acids is 3. The molecule has 42 heavy (non-hydrogen) atoms. The van der Waals surface area contributed by atoms with Crippen molar-refractivity contribution in [2.75, 3.05) is 12.4 Å². The Balaban J connectivity index is 1.52. The highest BCUT2D eigenvalue weighted by Crippen LogP contribution is 2.62. The zero-order valence-corrected chi connectivity index (χ0v) is 23.0. The Labute approximate surface area is 242 Å². The van der Waals surface area contributed by atoms with Crippen LogP contribution in [0.5, 0.6) is 5.75 Å². The number of methoxy groups -OCH3 is 1. The van der Waals surface area contributed by atoms with Gasteiger partial charge in [-0.15, -0.1) is 0 Å². The largest absolute Gasteiger partial charge is 0.494 e. The summed E-state index contributed by atoms with van der Waals surface area (Å²) in [5.41, 5.74) is 2.98. The molecule has 0 radical (unpaired) electrons. The van der Waals surface area contributed by atoms with Crippen LogP contribution in [0, 0.1) is 18.7 Å². The number of Topliss-reactive ketones (excluding diaryl/α,β-unsaturated/α-hetero) is 2. The van der Waals surface area contributed by atoms with Crippen LogP contribution in [-0.4, -0.2) is 35.5 Å². The molecule has 0 aliphatic carbocycles. The lowest BCUT2D eigenvalue weighted by Gasteiger charge is -2.38. The quantitative estimate of drug-likeness (QED) is 0.299. The Bertz CT molecular complexity index is 1810. The number of benzene rings is 4. The Morgan fingerprint density at radius 1 is 0.905 bits per heavy atom. The van der Waals surface area contributed by atoms with Crippen LogP contribution in [0.4, 0.5) is 10.1 Å². The van der Waals surface area contributed by atoms with Crippen molar-refractivity contribution in [1.29, 1.82) is 0 Å². The minimum atomic E-state index is -1.48. The van der Waals surface area contributed by atoms with E-state index < -0.39 is 35.0 Å². The van der Waals surface area contributed by atoms with Crippen molar-refractivity contribution >= 4 is 29.2 Å². The first-order valence-electron chi connectivity index (χ1n) is 13.8. The highest BCUT2D eigenvalue weighted by atomic mass is 19.1. The molecule has 7 heteroatoms. The van der Waals surface area contributed by atoms with Crippen LogP contribution in [0.25, 0.3) is 6.08 Å². The maximum atomic E-state index is 15.0. The van der Waals surface area contributed by atoms with E-state index in [9.17, 15) is 18.8 Å². The molecule has 4 aromatic carbocycles. The second-order valence-electron chi connectivity index (χ2n) is 11.0. The second-order valence-corrected chi connectivity index (χ2v) is 11.0. The van der Waals surface area contributed by atoms with E-state index in [1.54, 1.807) is 18.2 Å². The van der Waals surface area contributed by atoms with Gasteiger partial charge in [0.15, 0.2) is 23.1 Å². The fourth-order valence-electron chi connectivity index (χ4n) is 7.06. The summed E-state index contributed by atoms with van der Waals surface area (Å²) in [6.07, 6.45) is 3.73. The summed E-state index contributed by atoms with van der Waals surface area (Å²) < 4.78 is 20.1. The number of ketones is 2. The third-order valence-corrected chi connectivity index (χ3v) is 8.89. The highest BCUT2D eigenvalue weighted by Gasteiger charge is 2.70. The van der Waals surface area contributed by atoms with Gasteiger partial charge in [0.05, 0.1) is 19.1 Å². The standard InChI is InChI=1S/C35H27FN2O4/c1-20-11-13-22(14-12-20)32(40)30-29(31(39)23-15-16-28(42-2)26(36)19-23)35(25-9-5-6-10-27(25)37-34(35)41)33-24-8-4-3-7-21(24)17-18-38(30)33/h3-19,29-30,33H,1-2H3,(H,37,41)/t29-,30+,33+,35-/m0/s1. The minimum absolute atomic E-state index is 0.00166. The number of nitrogens with zero attached hydrogens (tertiary/aromatic N) is 1. The monoisotopic (exact) mass is 558 g/mol. The van der Waals surface area contributed by atoms with Gasteiger partial charge < -0.3 is 15.0 Å². The number of anilines is 1. The van der Waals surface area contributed by atoms with E-state index in [0.29, 0.717) is 16.8 Å². The van der Waals surface area contributed by atoms with Crippen LogP contribution in [0.3, 0.4) is 0 Å². The predicted octanol–water partition coefficient (Wildman–Crippen LogP) is 6.12. The van der Waals surface area contributed by atoms with Crippen LogP contribution >= 0.6 is 0 Å². The zero-order chi connectivity index (χ0) is 29.2. The second kappa shape index (κ2) is 9.52. The Kier molecular flexibility index (Phi) is 5.87. The molecule has 3 aliphatic heterocycles. The molecule has 0 aromatic heterocycles. The van der Waals surface area contributed by atoms with Gasteiger partial charge in [-0.25, -0.2) is 4.39 Å². The Morgan fingerprint density at radius 2 is 1.62 bits per heavy atom. The van der Waals surface area contributed by atoms with Crippen molar-refractivity contribution in [3.8, 4) is 5.75 Å². The Hall–Kier alpha value is -5.04. The third-order valence-electron chi connectivity index (χ3n) is 8.89. The summed E-state index contributed by atoms with van der Waals surface area (Å²) in [6.45, 7) is 1.93. The number of para-hydroxylation sites is 1. The molecule has 0 bridgehead atoms. The van der Waals surface area contributed by atoms with Gasteiger partial charge >= 0.3 is 0 Å². The number of hydrogen-bond donors (Lipinski definition) is 1.